The molecule has 2 atom stereocenters. The second-order valence-electron chi connectivity index (χ2n) is 6.76. The fourth-order valence-electron chi connectivity index (χ4n) is 2.10. The first-order chi connectivity index (χ1) is 11.5. The van der Waals surface area contributed by atoms with Crippen LogP contribution in [0.1, 0.15) is 47.0 Å². The molecule has 0 aliphatic carbocycles. The van der Waals surface area contributed by atoms with Gasteiger partial charge in [-0.2, -0.15) is 0 Å². The van der Waals surface area contributed by atoms with E-state index in [9.17, 15) is 14.4 Å². The van der Waals surface area contributed by atoms with Crippen molar-refractivity contribution in [1.82, 2.24) is 10.6 Å². The second kappa shape index (κ2) is 11.3. The molecule has 3 amide bonds. The fraction of sp³-hybridized carbons (Fsp3) is 0.750. The standard InChI is InChI=1S/C16H32N6O3/c1-9(2)8-12(13(17)23)22-15(25)11(21-14(24)10(3)4)6-5-7-20-16(18)19/h9-12H,5-8H2,1-4H3,(H2,17,23)(H,21,24)(H,22,25)(H4,18,19,20)/t11-,12-/m0/s1. The lowest BCUT2D eigenvalue weighted by atomic mass is 10.0. The number of rotatable bonds is 11. The van der Waals surface area contributed by atoms with Gasteiger partial charge in [0, 0.05) is 12.5 Å². The maximum absolute atomic E-state index is 12.5. The third-order valence-corrected chi connectivity index (χ3v) is 3.47. The van der Waals surface area contributed by atoms with Crippen LogP contribution in [0.4, 0.5) is 0 Å². The van der Waals surface area contributed by atoms with E-state index >= 15 is 0 Å². The molecule has 0 spiro atoms. The van der Waals surface area contributed by atoms with Gasteiger partial charge in [0.15, 0.2) is 5.96 Å². The van der Waals surface area contributed by atoms with E-state index in [-0.39, 0.29) is 23.7 Å². The van der Waals surface area contributed by atoms with Gasteiger partial charge in [0.1, 0.15) is 12.1 Å². The first-order valence-corrected chi connectivity index (χ1v) is 8.50. The van der Waals surface area contributed by atoms with Gasteiger partial charge in [-0.1, -0.05) is 27.7 Å². The molecule has 25 heavy (non-hydrogen) atoms. The van der Waals surface area contributed by atoms with Gasteiger partial charge in [-0.05, 0) is 25.2 Å². The lowest BCUT2D eigenvalue weighted by Crippen LogP contribution is -2.53. The molecule has 9 nitrogen and oxygen atoms in total. The Morgan fingerprint density at radius 2 is 1.48 bits per heavy atom. The van der Waals surface area contributed by atoms with Gasteiger partial charge >= 0.3 is 0 Å². The lowest BCUT2D eigenvalue weighted by molar-refractivity contribution is -0.132. The highest BCUT2D eigenvalue weighted by atomic mass is 16.2. The smallest absolute Gasteiger partial charge is 0.243 e. The third kappa shape index (κ3) is 10.2. The number of nitrogens with zero attached hydrogens (tertiary/aromatic N) is 1. The molecule has 9 heteroatoms. The van der Waals surface area contributed by atoms with Gasteiger partial charge in [0.2, 0.25) is 17.7 Å². The molecule has 0 aromatic rings. The minimum atomic E-state index is -0.780. The zero-order valence-electron chi connectivity index (χ0n) is 15.5. The molecule has 0 saturated heterocycles. The van der Waals surface area contributed by atoms with Gasteiger partial charge in [0.05, 0.1) is 0 Å². The molecule has 0 heterocycles. The summed E-state index contributed by atoms with van der Waals surface area (Å²) in [5.74, 6) is -1.40. The quantitative estimate of drug-likeness (QED) is 0.185. The van der Waals surface area contributed by atoms with Crippen molar-refractivity contribution in [2.75, 3.05) is 6.54 Å². The monoisotopic (exact) mass is 356 g/mol. The predicted molar refractivity (Wildman–Crippen MR) is 97.3 cm³/mol. The van der Waals surface area contributed by atoms with Crippen LogP contribution < -0.4 is 27.8 Å². The van der Waals surface area contributed by atoms with Crippen molar-refractivity contribution in [3.05, 3.63) is 0 Å². The van der Waals surface area contributed by atoms with E-state index in [4.69, 9.17) is 17.2 Å². The summed E-state index contributed by atoms with van der Waals surface area (Å²) in [6.07, 6.45) is 1.27. The van der Waals surface area contributed by atoms with E-state index in [2.05, 4.69) is 15.6 Å². The Hall–Kier alpha value is -2.32. The van der Waals surface area contributed by atoms with Crippen molar-refractivity contribution >= 4 is 23.7 Å². The zero-order chi connectivity index (χ0) is 19.6. The molecule has 0 unspecified atom stereocenters. The molecule has 0 saturated carbocycles. The van der Waals surface area contributed by atoms with Crippen LogP contribution in [-0.4, -0.2) is 42.3 Å². The van der Waals surface area contributed by atoms with Gasteiger partial charge in [0.25, 0.3) is 0 Å². The lowest BCUT2D eigenvalue weighted by Gasteiger charge is -2.23. The van der Waals surface area contributed by atoms with Gasteiger partial charge in [-0.25, -0.2) is 0 Å². The molecule has 0 aliphatic heterocycles. The van der Waals surface area contributed by atoms with Crippen molar-refractivity contribution in [2.24, 2.45) is 34.0 Å². The maximum Gasteiger partial charge on any atom is 0.243 e. The van der Waals surface area contributed by atoms with E-state index < -0.39 is 23.9 Å². The zero-order valence-corrected chi connectivity index (χ0v) is 15.5. The normalized spacial score (nSPS) is 13.2. The van der Waals surface area contributed by atoms with Crippen LogP contribution in [0.25, 0.3) is 0 Å². The van der Waals surface area contributed by atoms with E-state index in [1.165, 1.54) is 0 Å². The largest absolute Gasteiger partial charge is 0.370 e. The number of carbonyl (C=O) groups excluding carboxylic acids is 3. The highest BCUT2D eigenvalue weighted by Crippen LogP contribution is 2.07. The summed E-state index contributed by atoms with van der Waals surface area (Å²) in [7, 11) is 0. The third-order valence-electron chi connectivity index (χ3n) is 3.47. The van der Waals surface area contributed by atoms with Gasteiger partial charge in [-0.3, -0.25) is 19.4 Å². The van der Waals surface area contributed by atoms with Crippen LogP contribution in [0.2, 0.25) is 0 Å². The minimum absolute atomic E-state index is 0.0297. The fourth-order valence-corrected chi connectivity index (χ4v) is 2.10. The van der Waals surface area contributed by atoms with Gasteiger partial charge in [-0.15, -0.1) is 0 Å². The Bertz CT molecular complexity index is 486. The van der Waals surface area contributed by atoms with Crippen molar-refractivity contribution < 1.29 is 14.4 Å². The average Bonchev–Trinajstić information content (AvgIpc) is 2.48. The summed E-state index contributed by atoms with van der Waals surface area (Å²) >= 11 is 0. The number of nitrogens with two attached hydrogens (primary N) is 3. The highest BCUT2D eigenvalue weighted by Gasteiger charge is 2.26. The minimum Gasteiger partial charge on any atom is -0.370 e. The van der Waals surface area contributed by atoms with Crippen molar-refractivity contribution in [3.8, 4) is 0 Å². The number of hydrogen-bond donors (Lipinski definition) is 5. The number of amides is 3. The molecule has 0 bridgehead atoms. The van der Waals surface area contributed by atoms with Crippen LogP contribution in [0.3, 0.4) is 0 Å². The average molecular weight is 356 g/mol. The van der Waals surface area contributed by atoms with Crippen LogP contribution >= 0.6 is 0 Å². The van der Waals surface area contributed by atoms with Crippen LogP contribution in [0.15, 0.2) is 4.99 Å². The molecule has 0 rings (SSSR count). The Morgan fingerprint density at radius 3 is 1.92 bits per heavy atom. The Balaban J connectivity index is 4.95. The number of primary amides is 1. The summed E-state index contributed by atoms with van der Waals surface area (Å²) in [6.45, 7) is 7.66. The Labute approximate surface area is 149 Å². The summed E-state index contributed by atoms with van der Waals surface area (Å²) in [5.41, 5.74) is 15.9. The predicted octanol–water partition coefficient (Wildman–Crippen LogP) is -0.803. The summed E-state index contributed by atoms with van der Waals surface area (Å²) < 4.78 is 0. The van der Waals surface area contributed by atoms with E-state index in [1.54, 1.807) is 13.8 Å². The highest BCUT2D eigenvalue weighted by molar-refractivity contribution is 5.91. The topological polar surface area (TPSA) is 166 Å². The number of hydrogen-bond acceptors (Lipinski definition) is 4. The van der Waals surface area contributed by atoms with Crippen LogP contribution in [0, 0.1) is 11.8 Å². The maximum atomic E-state index is 12.5. The molecule has 0 fully saturated rings. The molecular weight excluding hydrogens is 324 g/mol. The second-order valence-corrected chi connectivity index (χ2v) is 6.76. The molecule has 0 aliphatic rings. The number of aliphatic imine (C=N–C) groups is 1. The summed E-state index contributed by atoms with van der Waals surface area (Å²) in [4.78, 5) is 39.8. The number of carbonyl (C=O) groups is 3. The number of guanidine groups is 1. The molecule has 8 N–H and O–H groups in total. The Kier molecular flexibility index (Phi) is 10.2. The van der Waals surface area contributed by atoms with Crippen molar-refractivity contribution in [2.45, 2.75) is 59.0 Å². The number of nitrogens with one attached hydrogen (secondary N) is 2. The Morgan fingerprint density at radius 1 is 0.920 bits per heavy atom. The molecule has 0 aromatic heterocycles. The summed E-state index contributed by atoms with van der Waals surface area (Å²) in [5, 5.41) is 5.32. The van der Waals surface area contributed by atoms with Crippen molar-refractivity contribution in [1.29, 1.82) is 0 Å². The molecule has 144 valence electrons. The summed E-state index contributed by atoms with van der Waals surface area (Å²) in [6, 6.07) is -1.55. The molecule has 0 radical (unpaired) electrons. The molecular formula is C16H32N6O3. The van der Waals surface area contributed by atoms with E-state index in [0.717, 1.165) is 0 Å². The van der Waals surface area contributed by atoms with E-state index in [0.29, 0.717) is 25.8 Å². The molecule has 0 aromatic carbocycles. The SMILES string of the molecule is CC(C)C[C@H](NC(=O)[C@H](CCCN=C(N)N)NC(=O)C(C)C)C(N)=O. The van der Waals surface area contributed by atoms with Crippen LogP contribution in [-0.2, 0) is 14.4 Å². The van der Waals surface area contributed by atoms with Crippen molar-refractivity contribution in [3.63, 3.8) is 0 Å². The van der Waals surface area contributed by atoms with Gasteiger partial charge < -0.3 is 27.8 Å². The first-order valence-electron chi connectivity index (χ1n) is 8.50. The first kappa shape index (κ1) is 22.7. The van der Waals surface area contributed by atoms with E-state index in [1.807, 2.05) is 13.8 Å². The van der Waals surface area contributed by atoms with Crippen LogP contribution in [0.5, 0.6) is 0 Å².